The van der Waals surface area contributed by atoms with Crippen LogP contribution in [-0.4, -0.2) is 62.7 Å². The quantitative estimate of drug-likeness (QED) is 0.343. The molecule has 10 nitrogen and oxygen atoms in total. The molecule has 2 unspecified atom stereocenters. The average molecular weight is 613 g/mol. The molecule has 0 spiro atoms. The first-order valence-electron chi connectivity index (χ1n) is 13.6. The van der Waals surface area contributed by atoms with E-state index in [1.807, 2.05) is 13.8 Å². The van der Waals surface area contributed by atoms with Crippen molar-refractivity contribution in [2.24, 2.45) is 5.92 Å². The van der Waals surface area contributed by atoms with Crippen LogP contribution in [-0.2, 0) is 17.8 Å². The fraction of sp³-hybridized carbons (Fsp3) is 0.379. The molecule has 2 aliphatic heterocycles. The van der Waals surface area contributed by atoms with Crippen molar-refractivity contribution in [2.45, 2.75) is 45.2 Å². The number of hydrogen-bond acceptors (Lipinski definition) is 8. The van der Waals surface area contributed by atoms with E-state index in [9.17, 15) is 23.2 Å². The molecular weight excluding hydrogens is 585 g/mol. The second-order valence-corrected chi connectivity index (χ2v) is 10.8. The van der Waals surface area contributed by atoms with E-state index >= 15 is 0 Å². The Balaban J connectivity index is 0.00000368. The smallest absolute Gasteiger partial charge is 0.265 e. The van der Waals surface area contributed by atoms with Crippen LogP contribution in [0.1, 0.15) is 37.0 Å². The minimum absolute atomic E-state index is 0. The van der Waals surface area contributed by atoms with Crippen molar-refractivity contribution in [1.82, 2.24) is 30.0 Å². The first kappa shape index (κ1) is 30.2. The number of halogens is 4. The largest absolute Gasteiger partial charge is 0.482 e. The van der Waals surface area contributed by atoms with Gasteiger partial charge >= 0.3 is 0 Å². The highest BCUT2D eigenvalue weighted by atomic mass is 35.5. The first-order chi connectivity index (χ1) is 20.2. The van der Waals surface area contributed by atoms with Gasteiger partial charge in [0, 0.05) is 24.0 Å². The van der Waals surface area contributed by atoms with Crippen molar-refractivity contribution < 1.29 is 22.7 Å². The number of piperidine rings is 1. The predicted octanol–water partition coefficient (Wildman–Crippen LogP) is 4.27. The van der Waals surface area contributed by atoms with Crippen LogP contribution in [0.4, 0.5) is 18.9 Å². The molecule has 0 aliphatic carbocycles. The Morgan fingerprint density at radius 3 is 2.56 bits per heavy atom. The summed E-state index contributed by atoms with van der Waals surface area (Å²) in [6.45, 7) is 3.75. The van der Waals surface area contributed by atoms with Gasteiger partial charge in [0.15, 0.2) is 18.1 Å². The lowest BCUT2D eigenvalue weighted by atomic mass is 9.93. The third-order valence-corrected chi connectivity index (χ3v) is 7.40. The second kappa shape index (κ2) is 12.1. The van der Waals surface area contributed by atoms with Crippen LogP contribution in [0.15, 0.2) is 36.8 Å². The van der Waals surface area contributed by atoms with E-state index in [-0.39, 0.29) is 56.3 Å². The highest BCUT2D eigenvalue weighted by Crippen LogP contribution is 2.41. The summed E-state index contributed by atoms with van der Waals surface area (Å²) in [7, 11) is 0. The molecule has 0 radical (unpaired) electrons. The standard InChI is InChI=1S/C29H27F3N8O2.ClH/c1-15(2)5-22-18(7-33)27(19-10-37-40(29(19)38-22)28-20(31)11-34-12-21(28)32)16-3-4-23-24(6-16)42-14-26(41)39(23)13-25-35-8-17(30)9-36-25;/h3-4,6,8-10,15,20-21,28,34H,5,11-14H2,1-2H3;1H. The number of aromatic nitrogens is 5. The molecule has 1 N–H and O–H groups in total. The number of nitriles is 1. The highest BCUT2D eigenvalue weighted by Gasteiger charge is 2.37. The van der Waals surface area contributed by atoms with Crippen LogP contribution in [0.5, 0.6) is 5.75 Å². The maximum absolute atomic E-state index is 15.0. The Labute approximate surface area is 251 Å². The molecule has 5 heterocycles. The second-order valence-electron chi connectivity index (χ2n) is 10.8. The molecule has 224 valence electrons. The van der Waals surface area contributed by atoms with Crippen molar-refractivity contribution in [3.63, 3.8) is 0 Å². The van der Waals surface area contributed by atoms with Gasteiger partial charge in [0.05, 0.1) is 42.1 Å². The van der Waals surface area contributed by atoms with E-state index < -0.39 is 24.2 Å². The van der Waals surface area contributed by atoms with Crippen molar-refractivity contribution in [3.05, 3.63) is 59.7 Å². The number of pyridine rings is 1. The molecule has 14 heteroatoms. The Morgan fingerprint density at radius 1 is 1.16 bits per heavy atom. The number of rotatable bonds is 6. The molecule has 2 aliphatic rings. The summed E-state index contributed by atoms with van der Waals surface area (Å²) in [5, 5.41) is 17.9. The fourth-order valence-corrected chi connectivity index (χ4v) is 5.51. The zero-order valence-corrected chi connectivity index (χ0v) is 24.1. The van der Waals surface area contributed by atoms with Crippen LogP contribution in [0.25, 0.3) is 22.2 Å². The third kappa shape index (κ3) is 5.60. The Bertz CT molecular complexity index is 1700. The fourth-order valence-electron chi connectivity index (χ4n) is 5.51. The van der Waals surface area contributed by atoms with Gasteiger partial charge in [0.2, 0.25) is 0 Å². The highest BCUT2D eigenvalue weighted by molar-refractivity contribution is 6.00. The van der Waals surface area contributed by atoms with E-state index in [4.69, 9.17) is 9.72 Å². The number of amides is 1. The number of fused-ring (bicyclic) bond motifs is 2. The minimum atomic E-state index is -1.52. The molecule has 0 bridgehead atoms. The lowest BCUT2D eigenvalue weighted by Gasteiger charge is -2.30. The summed E-state index contributed by atoms with van der Waals surface area (Å²) in [6, 6.07) is 6.27. The number of anilines is 1. The summed E-state index contributed by atoms with van der Waals surface area (Å²) < 4.78 is 50.3. The van der Waals surface area contributed by atoms with Gasteiger partial charge in [-0.25, -0.2) is 32.8 Å². The van der Waals surface area contributed by atoms with Gasteiger partial charge in [0.25, 0.3) is 5.91 Å². The van der Waals surface area contributed by atoms with Crippen LogP contribution in [0.3, 0.4) is 0 Å². The first-order valence-corrected chi connectivity index (χ1v) is 13.6. The summed E-state index contributed by atoms with van der Waals surface area (Å²) in [4.78, 5) is 26.9. The maximum atomic E-state index is 15.0. The van der Waals surface area contributed by atoms with Gasteiger partial charge in [0.1, 0.15) is 36.0 Å². The number of ether oxygens (including phenoxy) is 1. The predicted molar refractivity (Wildman–Crippen MR) is 154 cm³/mol. The van der Waals surface area contributed by atoms with E-state index in [1.54, 1.807) is 18.2 Å². The van der Waals surface area contributed by atoms with E-state index in [0.717, 1.165) is 12.4 Å². The van der Waals surface area contributed by atoms with Gasteiger partial charge in [-0.05, 0) is 30.0 Å². The Morgan fingerprint density at radius 2 is 1.88 bits per heavy atom. The number of carbonyl (C=O) groups is 1. The molecule has 1 aromatic carbocycles. The zero-order valence-electron chi connectivity index (χ0n) is 23.3. The van der Waals surface area contributed by atoms with Crippen LogP contribution in [0.2, 0.25) is 0 Å². The lowest BCUT2D eigenvalue weighted by molar-refractivity contribution is -0.121. The van der Waals surface area contributed by atoms with Gasteiger partial charge in [-0.2, -0.15) is 10.4 Å². The molecular formula is C29H28ClF3N8O2. The van der Waals surface area contributed by atoms with Gasteiger partial charge in [-0.1, -0.05) is 19.9 Å². The van der Waals surface area contributed by atoms with Gasteiger partial charge < -0.3 is 10.1 Å². The molecule has 0 saturated carbocycles. The summed E-state index contributed by atoms with van der Waals surface area (Å²) in [6.07, 6.45) is 0.979. The Kier molecular flexibility index (Phi) is 8.52. The normalized spacial score (nSPS) is 20.0. The average Bonchev–Trinajstić information content (AvgIpc) is 3.37. The number of hydrogen-bond donors (Lipinski definition) is 1. The molecule has 43 heavy (non-hydrogen) atoms. The van der Waals surface area contributed by atoms with Crippen LogP contribution >= 0.6 is 12.4 Å². The van der Waals surface area contributed by atoms with Gasteiger partial charge in [-0.15, -0.1) is 12.4 Å². The van der Waals surface area contributed by atoms with Crippen LogP contribution < -0.4 is 15.0 Å². The number of carbonyl (C=O) groups excluding carboxylic acids is 1. The monoisotopic (exact) mass is 612 g/mol. The van der Waals surface area contributed by atoms with Crippen molar-refractivity contribution >= 4 is 35.0 Å². The molecule has 1 fully saturated rings. The number of nitrogens with zero attached hydrogens (tertiary/aromatic N) is 7. The van der Waals surface area contributed by atoms with E-state index in [0.29, 0.717) is 51.3 Å². The van der Waals surface area contributed by atoms with E-state index in [2.05, 4.69) is 26.5 Å². The third-order valence-electron chi connectivity index (χ3n) is 7.40. The lowest BCUT2D eigenvalue weighted by Crippen LogP contribution is -2.47. The maximum Gasteiger partial charge on any atom is 0.265 e. The van der Waals surface area contributed by atoms with Crippen LogP contribution in [0, 0.1) is 23.1 Å². The molecule has 3 aromatic heterocycles. The molecule has 4 aromatic rings. The van der Waals surface area contributed by atoms with Crippen molar-refractivity contribution in [2.75, 3.05) is 24.6 Å². The topological polar surface area (TPSA) is 122 Å². The van der Waals surface area contributed by atoms with Crippen molar-refractivity contribution in [1.29, 1.82) is 5.26 Å². The van der Waals surface area contributed by atoms with Crippen molar-refractivity contribution in [3.8, 4) is 22.9 Å². The molecule has 2 atom stereocenters. The molecule has 6 rings (SSSR count). The van der Waals surface area contributed by atoms with Gasteiger partial charge in [-0.3, -0.25) is 9.69 Å². The SMILES string of the molecule is CC(C)Cc1nc2c(cnn2C2C(F)CNCC2F)c(-c2ccc3c(c2)OCC(=O)N3Cc2ncc(F)cn2)c1C#N.Cl. The number of benzene rings is 1. The Hall–Kier alpha value is -4.28. The number of alkyl halides is 2. The minimum Gasteiger partial charge on any atom is -0.482 e. The zero-order chi connectivity index (χ0) is 29.5. The molecule has 1 amide bonds. The molecule has 1 saturated heterocycles. The van der Waals surface area contributed by atoms with E-state index in [1.165, 1.54) is 15.8 Å². The summed E-state index contributed by atoms with van der Waals surface area (Å²) in [5.74, 6) is -0.125. The summed E-state index contributed by atoms with van der Waals surface area (Å²) >= 11 is 0. The number of nitrogens with one attached hydrogen (secondary N) is 1. The summed E-state index contributed by atoms with van der Waals surface area (Å²) in [5.41, 5.74) is 2.69.